The molecule has 4 aromatic rings. The van der Waals surface area contributed by atoms with E-state index in [-0.39, 0.29) is 5.89 Å². The summed E-state index contributed by atoms with van der Waals surface area (Å²) >= 11 is 19.3. The minimum absolute atomic E-state index is 0.256. The summed E-state index contributed by atoms with van der Waals surface area (Å²) in [5.41, 5.74) is 3.95. The lowest BCUT2D eigenvalue weighted by Gasteiger charge is -2.13. The van der Waals surface area contributed by atoms with Gasteiger partial charge in [0.05, 0.1) is 21.7 Å². The summed E-state index contributed by atoms with van der Waals surface area (Å²) in [5.74, 6) is 1.56. The van der Waals surface area contributed by atoms with Crippen LogP contribution in [0.4, 0.5) is 0 Å². The molecule has 164 valence electrons. The molecule has 1 aliphatic rings. The fraction of sp³-hybridized carbons (Fsp3) is 0.261. The molecule has 0 bridgehead atoms. The van der Waals surface area contributed by atoms with Crippen LogP contribution in [0.3, 0.4) is 0 Å². The van der Waals surface area contributed by atoms with Crippen LogP contribution in [0, 0.1) is 12.8 Å². The lowest BCUT2D eigenvalue weighted by molar-refractivity contribution is 0.254. The molecule has 1 aliphatic carbocycles. The number of aromatic nitrogens is 4. The number of allylic oxidation sites excluding steroid dienone is 1. The zero-order chi connectivity index (χ0) is 22.4. The molecule has 0 unspecified atom stereocenters. The van der Waals surface area contributed by atoms with Gasteiger partial charge < -0.3 is 13.7 Å². The zero-order valence-corrected chi connectivity index (χ0v) is 19.5. The lowest BCUT2D eigenvalue weighted by Crippen LogP contribution is -2.08. The standard InChI is InChI=1S/C23H19Cl3N4O2/c1-12-3-4-14(5-12)11-31-20-8-16(24)15(7-17(20)25)21-28-23(32-29-21)19-10-30-9-13(2)6-18(26)22(30)27-19/h6-10,14H,1,3-5,11H2,2H3/t14-/m1/s1. The average molecular weight is 490 g/mol. The molecule has 0 saturated heterocycles. The van der Waals surface area contributed by atoms with E-state index >= 15 is 0 Å². The van der Waals surface area contributed by atoms with Crippen LogP contribution in [-0.4, -0.2) is 26.1 Å². The molecule has 32 heavy (non-hydrogen) atoms. The number of halogens is 3. The van der Waals surface area contributed by atoms with Crippen molar-refractivity contribution in [3.8, 4) is 28.7 Å². The second-order valence-corrected chi connectivity index (χ2v) is 9.30. The molecule has 3 aromatic heterocycles. The van der Waals surface area contributed by atoms with Crippen LogP contribution < -0.4 is 4.74 Å². The van der Waals surface area contributed by atoms with Crippen LogP contribution in [-0.2, 0) is 0 Å². The highest BCUT2D eigenvalue weighted by atomic mass is 35.5. The summed E-state index contributed by atoms with van der Waals surface area (Å²) in [5, 5.41) is 5.46. The number of hydrogen-bond acceptors (Lipinski definition) is 5. The van der Waals surface area contributed by atoms with Gasteiger partial charge in [-0.3, -0.25) is 0 Å². The highest BCUT2D eigenvalue weighted by Crippen LogP contribution is 2.37. The number of rotatable bonds is 5. The molecule has 0 spiro atoms. The van der Waals surface area contributed by atoms with Gasteiger partial charge in [-0.15, -0.1) is 0 Å². The molecular formula is C23H19Cl3N4O2. The van der Waals surface area contributed by atoms with E-state index in [1.165, 1.54) is 5.57 Å². The van der Waals surface area contributed by atoms with Crippen molar-refractivity contribution in [2.45, 2.75) is 26.2 Å². The number of benzene rings is 1. The monoisotopic (exact) mass is 488 g/mol. The molecular weight excluding hydrogens is 471 g/mol. The van der Waals surface area contributed by atoms with Gasteiger partial charge in [-0.05, 0) is 49.8 Å². The zero-order valence-electron chi connectivity index (χ0n) is 17.2. The van der Waals surface area contributed by atoms with Crippen molar-refractivity contribution >= 4 is 40.4 Å². The van der Waals surface area contributed by atoms with Crippen molar-refractivity contribution in [1.29, 1.82) is 0 Å². The Morgan fingerprint density at radius 1 is 1.12 bits per heavy atom. The molecule has 0 radical (unpaired) electrons. The third-order valence-corrected chi connectivity index (χ3v) is 6.39. The Morgan fingerprint density at radius 2 is 1.97 bits per heavy atom. The molecule has 1 saturated carbocycles. The SMILES string of the molecule is C=C1CC[C@@H](COc2cc(Cl)c(-c3noc(-c4cn5cc(C)cc(Cl)c5n4)n3)cc2Cl)C1. The molecule has 1 aromatic carbocycles. The average Bonchev–Trinajstić information content (AvgIpc) is 3.47. The normalized spacial score (nSPS) is 16.2. The van der Waals surface area contributed by atoms with Crippen LogP contribution >= 0.6 is 34.8 Å². The minimum atomic E-state index is 0.256. The number of hydrogen-bond donors (Lipinski definition) is 0. The third-order valence-electron chi connectivity index (χ3n) is 5.51. The van der Waals surface area contributed by atoms with E-state index in [2.05, 4.69) is 21.7 Å². The molecule has 1 fully saturated rings. The summed E-state index contributed by atoms with van der Waals surface area (Å²) in [6.07, 6.45) is 6.84. The third kappa shape index (κ3) is 4.10. The Bertz CT molecular complexity index is 1340. The molecule has 3 heterocycles. The summed E-state index contributed by atoms with van der Waals surface area (Å²) in [4.78, 5) is 8.96. The Balaban J connectivity index is 1.39. The fourth-order valence-electron chi connectivity index (χ4n) is 3.91. The second kappa shape index (κ2) is 8.43. The Morgan fingerprint density at radius 3 is 2.75 bits per heavy atom. The van der Waals surface area contributed by atoms with Crippen LogP contribution in [0.15, 0.2) is 47.3 Å². The number of fused-ring (bicyclic) bond motifs is 1. The highest BCUT2D eigenvalue weighted by Gasteiger charge is 2.21. The maximum atomic E-state index is 6.50. The Kier molecular flexibility index (Phi) is 5.61. The first-order valence-electron chi connectivity index (χ1n) is 10.1. The van der Waals surface area contributed by atoms with Gasteiger partial charge in [-0.1, -0.05) is 52.1 Å². The van der Waals surface area contributed by atoms with Gasteiger partial charge in [-0.2, -0.15) is 4.98 Å². The van der Waals surface area contributed by atoms with E-state index in [9.17, 15) is 0 Å². The summed E-state index contributed by atoms with van der Waals surface area (Å²) in [6.45, 7) is 6.58. The van der Waals surface area contributed by atoms with Crippen molar-refractivity contribution in [3.63, 3.8) is 0 Å². The number of nitrogens with zero attached hydrogens (tertiary/aromatic N) is 4. The van der Waals surface area contributed by atoms with Gasteiger partial charge in [0.1, 0.15) is 11.4 Å². The molecule has 6 nitrogen and oxygen atoms in total. The summed E-state index contributed by atoms with van der Waals surface area (Å²) in [6, 6.07) is 5.22. The number of aryl methyl sites for hydroxylation is 1. The van der Waals surface area contributed by atoms with E-state index in [0.29, 0.717) is 56.1 Å². The molecule has 5 rings (SSSR count). The van der Waals surface area contributed by atoms with Gasteiger partial charge in [-0.25, -0.2) is 4.98 Å². The largest absolute Gasteiger partial charge is 0.492 e. The topological polar surface area (TPSA) is 65.5 Å². The highest BCUT2D eigenvalue weighted by molar-refractivity contribution is 6.36. The number of pyridine rings is 1. The van der Waals surface area contributed by atoms with Crippen molar-refractivity contribution in [2.75, 3.05) is 6.61 Å². The Hall–Kier alpha value is -2.54. The minimum Gasteiger partial charge on any atom is -0.492 e. The van der Waals surface area contributed by atoms with E-state index in [0.717, 1.165) is 24.8 Å². The second-order valence-electron chi connectivity index (χ2n) is 8.08. The molecule has 1 atom stereocenters. The van der Waals surface area contributed by atoms with E-state index in [1.54, 1.807) is 18.3 Å². The molecule has 0 amide bonds. The first-order chi connectivity index (χ1) is 15.4. The van der Waals surface area contributed by atoms with Crippen LogP contribution in [0.1, 0.15) is 24.8 Å². The number of imidazole rings is 1. The molecule has 0 aliphatic heterocycles. The van der Waals surface area contributed by atoms with E-state index < -0.39 is 0 Å². The summed E-state index contributed by atoms with van der Waals surface area (Å²) in [7, 11) is 0. The maximum Gasteiger partial charge on any atom is 0.278 e. The van der Waals surface area contributed by atoms with Crippen molar-refractivity contribution in [3.05, 3.63) is 63.4 Å². The van der Waals surface area contributed by atoms with Gasteiger partial charge in [0, 0.05) is 24.0 Å². The predicted molar refractivity (Wildman–Crippen MR) is 126 cm³/mol. The number of ether oxygens (including phenoxy) is 1. The first-order valence-corrected chi connectivity index (χ1v) is 11.3. The van der Waals surface area contributed by atoms with Crippen LogP contribution in [0.5, 0.6) is 5.75 Å². The maximum absolute atomic E-state index is 6.50. The quantitative estimate of drug-likeness (QED) is 0.281. The van der Waals surface area contributed by atoms with Crippen molar-refractivity contribution < 1.29 is 9.26 Å². The smallest absolute Gasteiger partial charge is 0.278 e. The lowest BCUT2D eigenvalue weighted by atomic mass is 10.1. The Labute approximate surface area is 199 Å². The van der Waals surface area contributed by atoms with Gasteiger partial charge in [0.15, 0.2) is 5.65 Å². The van der Waals surface area contributed by atoms with Crippen molar-refractivity contribution in [1.82, 2.24) is 19.5 Å². The van der Waals surface area contributed by atoms with E-state index in [4.69, 9.17) is 44.1 Å². The van der Waals surface area contributed by atoms with E-state index in [1.807, 2.05) is 23.6 Å². The van der Waals surface area contributed by atoms with Crippen molar-refractivity contribution in [2.24, 2.45) is 5.92 Å². The molecule has 9 heteroatoms. The van der Waals surface area contributed by atoms with Gasteiger partial charge in [0.2, 0.25) is 5.82 Å². The first kappa shape index (κ1) is 21.3. The van der Waals surface area contributed by atoms with Gasteiger partial charge >= 0.3 is 0 Å². The van der Waals surface area contributed by atoms with Gasteiger partial charge in [0.25, 0.3) is 5.89 Å². The summed E-state index contributed by atoms with van der Waals surface area (Å²) < 4.78 is 13.2. The fourth-order valence-corrected chi connectivity index (χ4v) is 4.68. The van der Waals surface area contributed by atoms with Crippen LogP contribution in [0.2, 0.25) is 15.1 Å². The predicted octanol–water partition coefficient (Wildman–Crippen LogP) is 7.06. The molecule has 0 N–H and O–H groups in total. The van der Waals surface area contributed by atoms with Crippen LogP contribution in [0.25, 0.3) is 28.6 Å².